The highest BCUT2D eigenvalue weighted by molar-refractivity contribution is 6.06. The Labute approximate surface area is 173 Å². The van der Waals surface area contributed by atoms with Crippen LogP contribution in [0.2, 0.25) is 0 Å². The zero-order valence-corrected chi connectivity index (χ0v) is 16.2. The summed E-state index contributed by atoms with van der Waals surface area (Å²) >= 11 is 0. The third kappa shape index (κ3) is 3.15. The number of nitrogens with zero attached hydrogens (tertiary/aromatic N) is 2. The van der Waals surface area contributed by atoms with Crippen molar-refractivity contribution in [3.8, 4) is 17.6 Å². The van der Waals surface area contributed by atoms with Gasteiger partial charge >= 0.3 is 5.97 Å². The van der Waals surface area contributed by atoms with Gasteiger partial charge in [-0.05, 0) is 60.2 Å². The Morgan fingerprint density at radius 3 is 2.93 bits per heavy atom. The van der Waals surface area contributed by atoms with Crippen molar-refractivity contribution in [2.24, 2.45) is 0 Å². The van der Waals surface area contributed by atoms with E-state index in [1.807, 2.05) is 48.5 Å². The largest absolute Gasteiger partial charge is 0.454 e. The summed E-state index contributed by atoms with van der Waals surface area (Å²) in [6.07, 6.45) is 4.59. The molecular weight excluding hydrogens is 380 g/mol. The summed E-state index contributed by atoms with van der Waals surface area (Å²) in [5, 5.41) is 9.57. The van der Waals surface area contributed by atoms with Crippen LogP contribution in [0.5, 0.6) is 11.5 Å². The number of benzene rings is 2. The van der Waals surface area contributed by atoms with E-state index in [-0.39, 0.29) is 13.4 Å². The summed E-state index contributed by atoms with van der Waals surface area (Å²) in [4.78, 5) is 17.7. The smallest absolute Gasteiger partial charge is 0.340 e. The lowest BCUT2D eigenvalue weighted by Crippen LogP contribution is -2.15. The van der Waals surface area contributed by atoms with Gasteiger partial charge in [0.15, 0.2) is 18.1 Å². The Kier molecular flexibility index (Phi) is 4.56. The van der Waals surface area contributed by atoms with Crippen molar-refractivity contribution in [3.05, 3.63) is 64.8 Å². The van der Waals surface area contributed by atoms with Crippen molar-refractivity contribution in [1.29, 1.82) is 5.26 Å². The summed E-state index contributed by atoms with van der Waals surface area (Å²) in [6, 6.07) is 15.2. The molecule has 2 heterocycles. The van der Waals surface area contributed by atoms with Crippen LogP contribution in [0.3, 0.4) is 0 Å². The first-order chi connectivity index (χ1) is 14.7. The van der Waals surface area contributed by atoms with Crippen LogP contribution in [0.4, 0.5) is 0 Å². The number of hydrogen-bond donors (Lipinski definition) is 0. The van der Waals surface area contributed by atoms with Crippen LogP contribution < -0.4 is 9.47 Å². The van der Waals surface area contributed by atoms with Gasteiger partial charge in [-0.25, -0.2) is 9.78 Å². The third-order valence-electron chi connectivity index (χ3n) is 5.38. The van der Waals surface area contributed by atoms with Gasteiger partial charge in [0, 0.05) is 5.39 Å². The lowest BCUT2D eigenvalue weighted by molar-refractivity contribution is 0.0556. The lowest BCUT2D eigenvalue weighted by atomic mass is 9.86. The zero-order valence-electron chi connectivity index (χ0n) is 16.2. The predicted octanol–water partition coefficient (Wildman–Crippen LogP) is 4.52. The minimum atomic E-state index is -0.476. The molecule has 2 aliphatic rings. The number of allylic oxidation sites excluding steroid dienone is 1. The summed E-state index contributed by atoms with van der Waals surface area (Å²) < 4.78 is 16.1. The van der Waals surface area contributed by atoms with Crippen molar-refractivity contribution >= 4 is 28.5 Å². The molecule has 2 aromatic carbocycles. The summed E-state index contributed by atoms with van der Waals surface area (Å²) in [5.41, 5.74) is 5.01. The summed E-state index contributed by atoms with van der Waals surface area (Å²) in [7, 11) is 0. The average Bonchev–Trinajstić information content (AvgIpc) is 3.24. The van der Waals surface area contributed by atoms with E-state index in [0.717, 1.165) is 64.1 Å². The molecule has 1 aliphatic heterocycles. The number of carbonyl (C=O) groups is 1. The lowest BCUT2D eigenvalue weighted by Gasteiger charge is -2.22. The highest BCUT2D eigenvalue weighted by Crippen LogP contribution is 2.38. The van der Waals surface area contributed by atoms with Crippen molar-refractivity contribution in [1.82, 2.24) is 4.98 Å². The monoisotopic (exact) mass is 398 g/mol. The highest BCUT2D eigenvalue weighted by atomic mass is 16.7. The van der Waals surface area contributed by atoms with Crippen LogP contribution in [0, 0.1) is 11.3 Å². The average molecular weight is 398 g/mol. The van der Waals surface area contributed by atoms with Gasteiger partial charge in [0.25, 0.3) is 0 Å². The van der Waals surface area contributed by atoms with E-state index in [1.165, 1.54) is 0 Å². The van der Waals surface area contributed by atoms with Gasteiger partial charge < -0.3 is 14.2 Å². The Balaban J connectivity index is 1.65. The van der Waals surface area contributed by atoms with Crippen molar-refractivity contribution in [2.45, 2.75) is 19.3 Å². The zero-order chi connectivity index (χ0) is 20.5. The number of hydrogen-bond acceptors (Lipinski definition) is 6. The molecule has 6 heteroatoms. The fourth-order valence-electron chi connectivity index (χ4n) is 4.08. The molecule has 148 valence electrons. The van der Waals surface area contributed by atoms with Crippen LogP contribution in [0.15, 0.2) is 42.5 Å². The number of carbonyl (C=O) groups excluding carboxylic acids is 1. The van der Waals surface area contributed by atoms with E-state index in [1.54, 1.807) is 0 Å². The summed E-state index contributed by atoms with van der Waals surface area (Å²) in [6.45, 7) is -0.0376. The van der Waals surface area contributed by atoms with Crippen molar-refractivity contribution in [2.75, 3.05) is 13.4 Å². The number of aromatic nitrogens is 1. The first kappa shape index (κ1) is 18.2. The SMILES string of the molecule is N#CCOC(=O)c1c2c(nc3ccccc13)/C(=C\c1ccc3c(c1)OCO3)CCC2. The van der Waals surface area contributed by atoms with Crippen molar-refractivity contribution < 1.29 is 19.0 Å². The first-order valence-corrected chi connectivity index (χ1v) is 9.81. The van der Waals surface area contributed by atoms with Gasteiger partial charge in [0.2, 0.25) is 6.79 Å². The molecule has 6 nitrogen and oxygen atoms in total. The van der Waals surface area contributed by atoms with Crippen LogP contribution in [0.25, 0.3) is 22.6 Å². The Bertz CT molecular complexity index is 1240. The Morgan fingerprint density at radius 2 is 2.03 bits per heavy atom. The van der Waals surface area contributed by atoms with E-state index < -0.39 is 5.97 Å². The molecular formula is C24H18N2O4. The van der Waals surface area contributed by atoms with Crippen LogP contribution in [-0.2, 0) is 11.2 Å². The maximum absolute atomic E-state index is 12.8. The van der Waals surface area contributed by atoms with Gasteiger partial charge in [0.05, 0.1) is 16.8 Å². The number of para-hydroxylation sites is 1. The van der Waals surface area contributed by atoms with E-state index in [9.17, 15) is 4.79 Å². The Morgan fingerprint density at radius 1 is 1.17 bits per heavy atom. The molecule has 3 aromatic rings. The second-order valence-corrected chi connectivity index (χ2v) is 7.20. The van der Waals surface area contributed by atoms with Gasteiger partial charge in [-0.2, -0.15) is 5.26 Å². The topological polar surface area (TPSA) is 81.4 Å². The molecule has 0 bridgehead atoms. The molecule has 0 N–H and O–H groups in total. The number of rotatable bonds is 3. The fourth-order valence-corrected chi connectivity index (χ4v) is 4.08. The molecule has 30 heavy (non-hydrogen) atoms. The van der Waals surface area contributed by atoms with Crippen LogP contribution >= 0.6 is 0 Å². The van der Waals surface area contributed by atoms with E-state index in [4.69, 9.17) is 24.5 Å². The Hall–Kier alpha value is -3.85. The molecule has 0 amide bonds. The van der Waals surface area contributed by atoms with Crippen LogP contribution in [-0.4, -0.2) is 24.4 Å². The normalized spacial score (nSPS) is 15.6. The second-order valence-electron chi connectivity index (χ2n) is 7.20. The molecule has 0 atom stereocenters. The van der Waals surface area contributed by atoms with Gasteiger partial charge in [0.1, 0.15) is 6.07 Å². The maximum atomic E-state index is 12.8. The number of esters is 1. The fraction of sp³-hybridized carbons (Fsp3) is 0.208. The molecule has 0 radical (unpaired) electrons. The minimum absolute atomic E-state index is 0.236. The minimum Gasteiger partial charge on any atom is -0.454 e. The number of fused-ring (bicyclic) bond motifs is 3. The quantitative estimate of drug-likeness (QED) is 0.604. The molecule has 0 saturated carbocycles. The number of pyridine rings is 1. The third-order valence-corrected chi connectivity index (χ3v) is 5.38. The molecule has 0 saturated heterocycles. The van der Waals surface area contributed by atoms with Crippen LogP contribution in [0.1, 0.15) is 40.0 Å². The van der Waals surface area contributed by atoms with Gasteiger partial charge in [-0.3, -0.25) is 0 Å². The second kappa shape index (κ2) is 7.53. The standard InChI is InChI=1S/C24H18N2O4/c25-10-11-28-24(27)22-17-5-1-2-7-19(17)26-23-16(4-3-6-18(22)23)12-15-8-9-20-21(13-15)30-14-29-20/h1-2,5,7-9,12-13H,3-4,6,11,14H2/b16-12-. The predicted molar refractivity (Wildman–Crippen MR) is 111 cm³/mol. The van der Waals surface area contributed by atoms with Gasteiger partial charge in [-0.1, -0.05) is 24.3 Å². The van der Waals surface area contributed by atoms with E-state index >= 15 is 0 Å². The molecule has 1 aromatic heterocycles. The maximum Gasteiger partial charge on any atom is 0.340 e. The molecule has 0 unspecified atom stereocenters. The number of nitriles is 1. The molecule has 0 spiro atoms. The molecule has 0 fully saturated rings. The first-order valence-electron chi connectivity index (χ1n) is 9.81. The summed E-state index contributed by atoms with van der Waals surface area (Å²) in [5.74, 6) is 0.996. The molecule has 5 rings (SSSR count). The highest BCUT2D eigenvalue weighted by Gasteiger charge is 2.26. The molecule has 1 aliphatic carbocycles. The van der Waals surface area contributed by atoms with Gasteiger partial charge in [-0.15, -0.1) is 0 Å². The number of ether oxygens (including phenoxy) is 3. The van der Waals surface area contributed by atoms with E-state index in [0.29, 0.717) is 5.56 Å². The van der Waals surface area contributed by atoms with E-state index in [2.05, 4.69) is 6.08 Å². The van der Waals surface area contributed by atoms with Crippen molar-refractivity contribution in [3.63, 3.8) is 0 Å².